The molecule has 1 atom stereocenters. The first-order valence-electron chi connectivity index (χ1n) is 4.69. The summed E-state index contributed by atoms with van der Waals surface area (Å²) in [6, 6.07) is 1.97. The van der Waals surface area contributed by atoms with Gasteiger partial charge < -0.3 is 10.1 Å². The minimum absolute atomic E-state index is 0.0505. The molecule has 4 heteroatoms. The topological polar surface area (TPSA) is 47.0 Å². The van der Waals surface area contributed by atoms with E-state index in [1.807, 2.05) is 27.0 Å². The minimum atomic E-state index is -0.0505. The number of hydrogen-bond donors (Lipinski definition) is 1. The lowest BCUT2D eigenvalue weighted by Crippen LogP contribution is -2.11. The molecule has 1 rings (SSSR count). The van der Waals surface area contributed by atoms with Gasteiger partial charge in [0.05, 0.1) is 5.69 Å². The molecule has 14 heavy (non-hydrogen) atoms. The Morgan fingerprint density at radius 2 is 2.21 bits per heavy atom. The Morgan fingerprint density at radius 3 is 2.79 bits per heavy atom. The molecule has 0 saturated carbocycles. The highest BCUT2D eigenvalue weighted by molar-refractivity contribution is 5.10. The molecule has 0 aromatic carbocycles. The van der Waals surface area contributed by atoms with Crippen molar-refractivity contribution in [3.8, 4) is 0 Å². The van der Waals surface area contributed by atoms with Crippen LogP contribution >= 0.6 is 0 Å². The third-order valence-corrected chi connectivity index (χ3v) is 2.00. The van der Waals surface area contributed by atoms with Gasteiger partial charge in [-0.1, -0.05) is 0 Å². The van der Waals surface area contributed by atoms with Crippen LogP contribution in [0.25, 0.3) is 0 Å². The summed E-state index contributed by atoms with van der Waals surface area (Å²) in [5.74, 6) is 0.748. The molecule has 0 aliphatic rings. The van der Waals surface area contributed by atoms with Crippen molar-refractivity contribution in [3.05, 3.63) is 23.3 Å². The van der Waals surface area contributed by atoms with E-state index in [0.717, 1.165) is 23.8 Å². The van der Waals surface area contributed by atoms with Gasteiger partial charge in [0.25, 0.3) is 0 Å². The molecule has 0 aliphatic carbocycles. The zero-order valence-electron chi connectivity index (χ0n) is 9.16. The number of aryl methyl sites for hydroxylation is 1. The number of hydrogen-bond acceptors (Lipinski definition) is 4. The zero-order chi connectivity index (χ0) is 10.6. The molecule has 0 spiro atoms. The largest absolute Gasteiger partial charge is 0.374 e. The van der Waals surface area contributed by atoms with Crippen LogP contribution in [0.5, 0.6) is 0 Å². The molecule has 4 nitrogen and oxygen atoms in total. The van der Waals surface area contributed by atoms with Crippen molar-refractivity contribution < 1.29 is 4.74 Å². The Morgan fingerprint density at radius 1 is 1.50 bits per heavy atom. The molecule has 0 fully saturated rings. The van der Waals surface area contributed by atoms with E-state index >= 15 is 0 Å². The predicted molar refractivity (Wildman–Crippen MR) is 55.0 cm³/mol. The van der Waals surface area contributed by atoms with Gasteiger partial charge in [-0.3, -0.25) is 0 Å². The summed E-state index contributed by atoms with van der Waals surface area (Å²) in [5.41, 5.74) is 1.98. The molecule has 0 saturated heterocycles. The van der Waals surface area contributed by atoms with E-state index in [2.05, 4.69) is 15.3 Å². The highest BCUT2D eigenvalue weighted by atomic mass is 16.5. The lowest BCUT2D eigenvalue weighted by atomic mass is 10.3. The summed E-state index contributed by atoms with van der Waals surface area (Å²) >= 11 is 0. The van der Waals surface area contributed by atoms with Gasteiger partial charge in [-0.15, -0.1) is 0 Å². The molecule has 0 radical (unpaired) electrons. The number of aromatic nitrogens is 2. The predicted octanol–water partition coefficient (Wildman–Crippen LogP) is 1.21. The molecule has 0 amide bonds. The second-order valence-electron chi connectivity index (χ2n) is 3.27. The van der Waals surface area contributed by atoms with E-state index in [9.17, 15) is 0 Å². The van der Waals surface area contributed by atoms with Gasteiger partial charge in [0.1, 0.15) is 6.10 Å². The maximum atomic E-state index is 5.18. The Bertz CT molecular complexity index is 301. The van der Waals surface area contributed by atoms with Crippen LogP contribution < -0.4 is 5.32 Å². The molecule has 0 aliphatic heterocycles. The first-order chi connectivity index (χ1) is 6.67. The number of methoxy groups -OCH3 is 1. The summed E-state index contributed by atoms with van der Waals surface area (Å²) in [7, 11) is 3.56. The van der Waals surface area contributed by atoms with Crippen LogP contribution in [-0.2, 0) is 11.3 Å². The van der Waals surface area contributed by atoms with Crippen molar-refractivity contribution in [2.45, 2.75) is 26.5 Å². The third kappa shape index (κ3) is 2.75. The van der Waals surface area contributed by atoms with Crippen LogP contribution in [0.1, 0.15) is 30.2 Å². The zero-order valence-corrected chi connectivity index (χ0v) is 9.16. The Labute approximate surface area is 84.7 Å². The van der Waals surface area contributed by atoms with E-state index in [4.69, 9.17) is 4.74 Å². The lowest BCUT2D eigenvalue weighted by molar-refractivity contribution is 0.111. The number of nitrogens with zero attached hydrogens (tertiary/aromatic N) is 2. The van der Waals surface area contributed by atoms with Gasteiger partial charge >= 0.3 is 0 Å². The van der Waals surface area contributed by atoms with Gasteiger partial charge in [-0.25, -0.2) is 9.97 Å². The van der Waals surface area contributed by atoms with Crippen molar-refractivity contribution in [3.63, 3.8) is 0 Å². The van der Waals surface area contributed by atoms with Crippen LogP contribution in [0.3, 0.4) is 0 Å². The van der Waals surface area contributed by atoms with Crippen molar-refractivity contribution in [1.29, 1.82) is 0 Å². The fourth-order valence-electron chi connectivity index (χ4n) is 1.22. The SMILES string of the molecule is CNCc1cc(C)nc(C(C)OC)n1. The van der Waals surface area contributed by atoms with Gasteiger partial charge in [0.15, 0.2) is 5.82 Å². The summed E-state index contributed by atoms with van der Waals surface area (Å²) < 4.78 is 5.18. The summed E-state index contributed by atoms with van der Waals surface area (Å²) in [5, 5.41) is 3.06. The van der Waals surface area contributed by atoms with Crippen LogP contribution in [0.2, 0.25) is 0 Å². The normalized spacial score (nSPS) is 12.9. The minimum Gasteiger partial charge on any atom is -0.374 e. The third-order valence-electron chi connectivity index (χ3n) is 2.00. The molecular weight excluding hydrogens is 178 g/mol. The summed E-state index contributed by atoms with van der Waals surface area (Å²) in [6.45, 7) is 4.66. The first-order valence-corrected chi connectivity index (χ1v) is 4.69. The smallest absolute Gasteiger partial charge is 0.157 e. The Hall–Kier alpha value is -1.00. The van der Waals surface area contributed by atoms with Crippen molar-refractivity contribution in [1.82, 2.24) is 15.3 Å². The lowest BCUT2D eigenvalue weighted by Gasteiger charge is -2.10. The molecule has 1 N–H and O–H groups in total. The maximum Gasteiger partial charge on any atom is 0.157 e. The monoisotopic (exact) mass is 195 g/mol. The maximum absolute atomic E-state index is 5.18. The van der Waals surface area contributed by atoms with Gasteiger partial charge in [0.2, 0.25) is 0 Å². The molecule has 78 valence electrons. The molecule has 1 aromatic heterocycles. The van der Waals surface area contributed by atoms with Gasteiger partial charge in [0, 0.05) is 19.3 Å². The average molecular weight is 195 g/mol. The first kappa shape index (κ1) is 11.1. The van der Waals surface area contributed by atoms with E-state index in [-0.39, 0.29) is 6.10 Å². The highest BCUT2D eigenvalue weighted by Gasteiger charge is 2.08. The number of ether oxygens (including phenoxy) is 1. The molecule has 1 heterocycles. The van der Waals surface area contributed by atoms with E-state index in [1.54, 1.807) is 7.11 Å². The molecule has 1 unspecified atom stereocenters. The van der Waals surface area contributed by atoms with Gasteiger partial charge in [-0.05, 0) is 27.0 Å². The molecule has 0 bridgehead atoms. The second-order valence-corrected chi connectivity index (χ2v) is 3.27. The van der Waals surface area contributed by atoms with E-state index < -0.39 is 0 Å². The summed E-state index contributed by atoms with van der Waals surface area (Å²) in [4.78, 5) is 8.72. The van der Waals surface area contributed by atoms with E-state index in [0.29, 0.717) is 0 Å². The fraction of sp³-hybridized carbons (Fsp3) is 0.600. The van der Waals surface area contributed by atoms with Crippen molar-refractivity contribution >= 4 is 0 Å². The Balaban J connectivity index is 2.94. The fourth-order valence-corrected chi connectivity index (χ4v) is 1.22. The Kier molecular flexibility index (Phi) is 3.98. The van der Waals surface area contributed by atoms with E-state index in [1.165, 1.54) is 0 Å². The average Bonchev–Trinajstić information content (AvgIpc) is 2.16. The highest BCUT2D eigenvalue weighted by Crippen LogP contribution is 2.11. The number of nitrogens with one attached hydrogen (secondary N) is 1. The van der Waals surface area contributed by atoms with Crippen LogP contribution in [0, 0.1) is 6.92 Å². The van der Waals surface area contributed by atoms with Crippen LogP contribution in [0.15, 0.2) is 6.07 Å². The van der Waals surface area contributed by atoms with Crippen molar-refractivity contribution in [2.75, 3.05) is 14.2 Å². The van der Waals surface area contributed by atoms with Crippen LogP contribution in [0.4, 0.5) is 0 Å². The van der Waals surface area contributed by atoms with Gasteiger partial charge in [-0.2, -0.15) is 0 Å². The standard InChI is InChI=1S/C10H17N3O/c1-7-5-9(6-11-3)13-10(12-7)8(2)14-4/h5,8,11H,6H2,1-4H3. The summed E-state index contributed by atoms with van der Waals surface area (Å²) in [6.07, 6.45) is -0.0505. The molecule has 1 aromatic rings. The van der Waals surface area contributed by atoms with Crippen LogP contribution in [-0.4, -0.2) is 24.1 Å². The molecular formula is C10H17N3O. The number of rotatable bonds is 4. The van der Waals surface area contributed by atoms with Crippen molar-refractivity contribution in [2.24, 2.45) is 0 Å². The second kappa shape index (κ2) is 5.02. The quantitative estimate of drug-likeness (QED) is 0.784.